The van der Waals surface area contributed by atoms with E-state index in [0.717, 1.165) is 30.3 Å². The van der Waals surface area contributed by atoms with E-state index < -0.39 is 0 Å². The predicted molar refractivity (Wildman–Crippen MR) is 95.5 cm³/mol. The summed E-state index contributed by atoms with van der Waals surface area (Å²) in [7, 11) is 0. The minimum Gasteiger partial charge on any atom is -0.494 e. The number of ether oxygens (including phenoxy) is 1. The van der Waals surface area contributed by atoms with E-state index in [9.17, 15) is 4.79 Å². The van der Waals surface area contributed by atoms with Crippen LogP contribution in [-0.4, -0.2) is 12.9 Å². The highest BCUT2D eigenvalue weighted by molar-refractivity contribution is 5.58. The first-order valence-electron chi connectivity index (χ1n) is 8.07. The van der Waals surface area contributed by atoms with Crippen molar-refractivity contribution in [3.63, 3.8) is 0 Å². The van der Waals surface area contributed by atoms with Crippen molar-refractivity contribution in [1.29, 1.82) is 0 Å². The van der Waals surface area contributed by atoms with Gasteiger partial charge >= 0.3 is 0 Å². The minimum atomic E-state index is 0.484. The third-order valence-electron chi connectivity index (χ3n) is 3.92. The molecule has 2 aromatic carbocycles. The van der Waals surface area contributed by atoms with Gasteiger partial charge in [0.05, 0.1) is 6.61 Å². The molecule has 23 heavy (non-hydrogen) atoms. The molecule has 2 heteroatoms. The number of carbonyl (C=O) groups excluding carboxylic acids is 1. The number of rotatable bonds is 8. The summed E-state index contributed by atoms with van der Waals surface area (Å²) in [5.74, 6) is 0.714. The second-order valence-corrected chi connectivity index (χ2v) is 5.70. The third-order valence-corrected chi connectivity index (χ3v) is 3.92. The molecule has 0 fully saturated rings. The van der Waals surface area contributed by atoms with Crippen LogP contribution in [0.3, 0.4) is 0 Å². The number of aryl methyl sites for hydroxylation is 3. The topological polar surface area (TPSA) is 26.3 Å². The Morgan fingerprint density at radius 3 is 2.70 bits per heavy atom. The van der Waals surface area contributed by atoms with Crippen LogP contribution in [0.5, 0.6) is 0 Å². The molecule has 0 heterocycles. The monoisotopic (exact) mass is 308 g/mol. The van der Waals surface area contributed by atoms with Crippen LogP contribution >= 0.6 is 0 Å². The SMILES string of the molecule is C=C(OCC)c1cccc(CCc2ccc(C)cc2CC=O)c1. The number of carbonyl (C=O) groups is 1. The molecule has 2 rings (SSSR count). The summed E-state index contributed by atoms with van der Waals surface area (Å²) < 4.78 is 5.48. The lowest BCUT2D eigenvalue weighted by Crippen LogP contribution is -1.99. The van der Waals surface area contributed by atoms with E-state index in [1.54, 1.807) is 0 Å². The van der Waals surface area contributed by atoms with Gasteiger partial charge in [-0.05, 0) is 49.4 Å². The summed E-state index contributed by atoms with van der Waals surface area (Å²) in [6, 6.07) is 14.7. The van der Waals surface area contributed by atoms with Crippen molar-refractivity contribution in [3.05, 3.63) is 76.9 Å². The van der Waals surface area contributed by atoms with Crippen LogP contribution in [0.2, 0.25) is 0 Å². The molecule has 0 unspecified atom stereocenters. The van der Waals surface area contributed by atoms with Gasteiger partial charge in [0, 0.05) is 12.0 Å². The molecule has 0 aliphatic heterocycles. The second kappa shape index (κ2) is 8.33. The van der Waals surface area contributed by atoms with Crippen molar-refractivity contribution in [2.45, 2.75) is 33.1 Å². The highest BCUT2D eigenvalue weighted by atomic mass is 16.5. The first-order chi connectivity index (χ1) is 11.1. The van der Waals surface area contributed by atoms with Crippen LogP contribution in [0.15, 0.2) is 49.0 Å². The van der Waals surface area contributed by atoms with Gasteiger partial charge in [-0.25, -0.2) is 0 Å². The Kier molecular flexibility index (Phi) is 6.16. The van der Waals surface area contributed by atoms with Crippen molar-refractivity contribution >= 4 is 12.0 Å². The van der Waals surface area contributed by atoms with Gasteiger partial charge in [0.2, 0.25) is 0 Å². The average molecular weight is 308 g/mol. The zero-order valence-corrected chi connectivity index (χ0v) is 14.0. The maximum atomic E-state index is 10.9. The van der Waals surface area contributed by atoms with Gasteiger partial charge < -0.3 is 9.53 Å². The molecule has 0 atom stereocenters. The molecular weight excluding hydrogens is 284 g/mol. The molecule has 0 amide bonds. The largest absolute Gasteiger partial charge is 0.494 e. The Morgan fingerprint density at radius 2 is 1.96 bits per heavy atom. The van der Waals surface area contributed by atoms with E-state index in [4.69, 9.17) is 4.74 Å². The van der Waals surface area contributed by atoms with Gasteiger partial charge in [0.15, 0.2) is 0 Å². The van der Waals surface area contributed by atoms with E-state index >= 15 is 0 Å². The molecule has 0 saturated carbocycles. The molecule has 0 spiro atoms. The fraction of sp³-hybridized carbons (Fsp3) is 0.286. The second-order valence-electron chi connectivity index (χ2n) is 5.70. The lowest BCUT2D eigenvalue weighted by atomic mass is 9.96. The number of benzene rings is 2. The standard InChI is InChI=1S/C21H24O2/c1-4-23-17(3)20-7-5-6-18(15-20)9-11-19-10-8-16(2)14-21(19)12-13-22/h5-8,10,13-15H,3-4,9,11-12H2,1-2H3. The van der Waals surface area contributed by atoms with E-state index in [0.29, 0.717) is 18.8 Å². The Bertz CT molecular complexity index is 686. The summed E-state index contributed by atoms with van der Waals surface area (Å²) in [4.78, 5) is 10.9. The fourth-order valence-corrected chi connectivity index (χ4v) is 2.72. The Balaban J connectivity index is 2.10. The first-order valence-corrected chi connectivity index (χ1v) is 8.07. The van der Waals surface area contributed by atoms with Crippen molar-refractivity contribution in [3.8, 4) is 0 Å². The van der Waals surface area contributed by atoms with E-state index in [-0.39, 0.29) is 0 Å². The smallest absolute Gasteiger partial charge is 0.124 e. The summed E-state index contributed by atoms with van der Waals surface area (Å²) in [6.07, 6.45) is 3.32. The summed E-state index contributed by atoms with van der Waals surface area (Å²) >= 11 is 0. The van der Waals surface area contributed by atoms with Crippen LogP contribution in [0, 0.1) is 6.92 Å². The zero-order chi connectivity index (χ0) is 16.7. The zero-order valence-electron chi connectivity index (χ0n) is 14.0. The number of hydrogen-bond acceptors (Lipinski definition) is 2. The van der Waals surface area contributed by atoms with Crippen molar-refractivity contribution < 1.29 is 9.53 Å². The molecule has 0 bridgehead atoms. The van der Waals surface area contributed by atoms with Gasteiger partial charge in [-0.1, -0.05) is 48.5 Å². The first kappa shape index (κ1) is 17.0. The lowest BCUT2D eigenvalue weighted by molar-refractivity contribution is -0.107. The van der Waals surface area contributed by atoms with Crippen LogP contribution < -0.4 is 0 Å². The Morgan fingerprint density at radius 1 is 1.13 bits per heavy atom. The van der Waals surface area contributed by atoms with Gasteiger partial charge in [-0.3, -0.25) is 0 Å². The summed E-state index contributed by atoms with van der Waals surface area (Å²) in [5, 5.41) is 0. The van der Waals surface area contributed by atoms with Crippen LogP contribution in [0.4, 0.5) is 0 Å². The molecule has 2 aromatic rings. The molecular formula is C21H24O2. The van der Waals surface area contributed by atoms with E-state index in [1.807, 2.05) is 19.1 Å². The Labute approximate surface area is 138 Å². The van der Waals surface area contributed by atoms with Crippen molar-refractivity contribution in [2.24, 2.45) is 0 Å². The molecule has 0 N–H and O–H groups in total. The van der Waals surface area contributed by atoms with Crippen molar-refractivity contribution in [2.75, 3.05) is 6.61 Å². The molecule has 0 aromatic heterocycles. The van der Waals surface area contributed by atoms with Crippen molar-refractivity contribution in [1.82, 2.24) is 0 Å². The molecule has 120 valence electrons. The van der Waals surface area contributed by atoms with Gasteiger partial charge in [-0.2, -0.15) is 0 Å². The van der Waals surface area contributed by atoms with E-state index in [2.05, 4.69) is 43.8 Å². The number of hydrogen-bond donors (Lipinski definition) is 0. The van der Waals surface area contributed by atoms with Gasteiger partial charge in [0.1, 0.15) is 12.0 Å². The maximum absolute atomic E-state index is 10.9. The normalized spacial score (nSPS) is 10.3. The molecule has 2 nitrogen and oxygen atoms in total. The lowest BCUT2D eigenvalue weighted by Gasteiger charge is -2.11. The molecule has 0 aliphatic carbocycles. The fourth-order valence-electron chi connectivity index (χ4n) is 2.72. The predicted octanol–water partition coefficient (Wildman–Crippen LogP) is 4.53. The maximum Gasteiger partial charge on any atom is 0.124 e. The van der Waals surface area contributed by atoms with Crippen LogP contribution in [0.25, 0.3) is 5.76 Å². The van der Waals surface area contributed by atoms with Crippen LogP contribution in [-0.2, 0) is 28.8 Å². The highest BCUT2D eigenvalue weighted by Crippen LogP contribution is 2.18. The van der Waals surface area contributed by atoms with Gasteiger partial charge in [0.25, 0.3) is 0 Å². The molecule has 0 saturated heterocycles. The van der Waals surface area contributed by atoms with Gasteiger partial charge in [-0.15, -0.1) is 0 Å². The average Bonchev–Trinajstić information content (AvgIpc) is 2.55. The minimum absolute atomic E-state index is 0.484. The Hall–Kier alpha value is -2.35. The highest BCUT2D eigenvalue weighted by Gasteiger charge is 2.05. The summed E-state index contributed by atoms with van der Waals surface area (Å²) in [6.45, 7) is 8.60. The van der Waals surface area contributed by atoms with Crippen LogP contribution in [0.1, 0.15) is 34.7 Å². The number of aldehydes is 1. The molecule has 0 radical (unpaired) electrons. The van der Waals surface area contributed by atoms with E-state index in [1.165, 1.54) is 16.7 Å². The summed E-state index contributed by atoms with van der Waals surface area (Å²) in [5.41, 5.74) is 5.86. The third kappa shape index (κ3) is 4.82. The quantitative estimate of drug-likeness (QED) is 0.529. The molecule has 0 aliphatic rings.